The van der Waals surface area contributed by atoms with Gasteiger partial charge in [-0.1, -0.05) is 194 Å². The van der Waals surface area contributed by atoms with Crippen LogP contribution in [0.1, 0.15) is 245 Å². The van der Waals surface area contributed by atoms with Gasteiger partial charge in [-0.15, -0.1) is 0 Å². The molecule has 0 saturated carbocycles. The molecule has 0 aliphatic heterocycles. The fraction of sp³-hybridized carbons (Fsp3) is 0.846. The van der Waals surface area contributed by atoms with Gasteiger partial charge in [-0.3, -0.25) is 9.59 Å². The highest BCUT2D eigenvalue weighted by atomic mass is 16.5. The number of aliphatic hydroxyl groups excluding tert-OH is 1. The van der Waals surface area contributed by atoms with E-state index in [-0.39, 0.29) is 29.5 Å². The van der Waals surface area contributed by atoms with Crippen LogP contribution in [0.25, 0.3) is 0 Å². The van der Waals surface area contributed by atoms with E-state index in [1.165, 1.54) is 103 Å². The minimum absolute atomic E-state index is 0.0214. The van der Waals surface area contributed by atoms with Gasteiger partial charge < -0.3 is 24.6 Å². The molecule has 1 rings (SSSR count). The highest BCUT2D eigenvalue weighted by Crippen LogP contribution is 2.23. The fourth-order valence-corrected chi connectivity index (χ4v) is 8.24. The molecule has 0 saturated heterocycles. The number of ether oxygens (including phenoxy) is 2. The Balaban J connectivity index is 2.49. The van der Waals surface area contributed by atoms with Crippen molar-refractivity contribution in [3.8, 4) is 5.75 Å². The summed E-state index contributed by atoms with van der Waals surface area (Å²) in [6.45, 7) is 12.3. The van der Waals surface area contributed by atoms with Crippen LogP contribution >= 0.6 is 0 Å². The van der Waals surface area contributed by atoms with Gasteiger partial charge in [0.25, 0.3) is 0 Å². The summed E-state index contributed by atoms with van der Waals surface area (Å²) >= 11 is 0. The van der Waals surface area contributed by atoms with Gasteiger partial charge in [0.1, 0.15) is 5.75 Å². The number of aliphatic hydroxyl groups is 1. The second-order valence-electron chi connectivity index (χ2n) is 17.8. The molecule has 2 N–H and O–H groups in total. The second-order valence-corrected chi connectivity index (χ2v) is 17.8. The molecule has 0 amide bonds. The summed E-state index contributed by atoms with van der Waals surface area (Å²) in [5.74, 6) is 0.355. The van der Waals surface area contributed by atoms with E-state index in [4.69, 9.17) is 9.47 Å². The first-order chi connectivity index (χ1) is 28.9. The van der Waals surface area contributed by atoms with Crippen LogP contribution in [0.3, 0.4) is 0 Å². The van der Waals surface area contributed by atoms with Gasteiger partial charge in [0, 0.05) is 6.54 Å². The Morgan fingerprint density at radius 2 is 0.797 bits per heavy atom. The number of phenols is 1. The molecule has 0 spiro atoms. The van der Waals surface area contributed by atoms with E-state index in [0.717, 1.165) is 121 Å². The Bertz CT molecular complexity index is 1020. The van der Waals surface area contributed by atoms with Crippen molar-refractivity contribution < 1.29 is 29.3 Å². The topological polar surface area (TPSA) is 96.3 Å². The van der Waals surface area contributed by atoms with Crippen LogP contribution in [0.4, 0.5) is 0 Å². The molecule has 0 bridgehead atoms. The molecule has 0 heterocycles. The van der Waals surface area contributed by atoms with Crippen LogP contribution in [0, 0.1) is 11.8 Å². The van der Waals surface area contributed by atoms with Crippen LogP contribution in [-0.2, 0) is 19.1 Å². The molecule has 0 aliphatic carbocycles. The third-order valence-electron chi connectivity index (χ3n) is 12.2. The lowest BCUT2D eigenvalue weighted by Gasteiger charge is -2.25. The summed E-state index contributed by atoms with van der Waals surface area (Å²) in [5, 5.41) is 20.8. The SMILES string of the molecule is CCCCCCCCC(CCCCCC)C(=O)OCCCCCCN(CCCCCCOC(=O)C(CCCCCC)CCCCCCCC)CC(O)c1ccc(O)cc1. The average Bonchev–Trinajstić information content (AvgIpc) is 3.23. The first-order valence-corrected chi connectivity index (χ1v) is 25.4. The van der Waals surface area contributed by atoms with Crippen molar-refractivity contribution in [3.63, 3.8) is 0 Å². The van der Waals surface area contributed by atoms with Crippen molar-refractivity contribution in [2.24, 2.45) is 11.8 Å². The number of carbonyl (C=O) groups is 2. The molecule has 3 atom stereocenters. The Morgan fingerprint density at radius 1 is 0.475 bits per heavy atom. The van der Waals surface area contributed by atoms with Crippen LogP contribution in [0.5, 0.6) is 5.75 Å². The Labute approximate surface area is 364 Å². The van der Waals surface area contributed by atoms with Crippen molar-refractivity contribution in [3.05, 3.63) is 29.8 Å². The molecule has 59 heavy (non-hydrogen) atoms. The molecule has 0 radical (unpaired) electrons. The van der Waals surface area contributed by atoms with Gasteiger partial charge >= 0.3 is 11.9 Å². The average molecular weight is 830 g/mol. The van der Waals surface area contributed by atoms with Crippen molar-refractivity contribution >= 4 is 11.9 Å². The Kier molecular flexibility index (Phi) is 37.2. The van der Waals surface area contributed by atoms with E-state index in [1.54, 1.807) is 24.3 Å². The lowest BCUT2D eigenvalue weighted by Crippen LogP contribution is -2.31. The highest BCUT2D eigenvalue weighted by Gasteiger charge is 2.21. The maximum Gasteiger partial charge on any atom is 0.308 e. The predicted octanol–water partition coefficient (Wildman–Crippen LogP) is 14.6. The van der Waals surface area contributed by atoms with Gasteiger partial charge in [0.2, 0.25) is 0 Å². The van der Waals surface area contributed by atoms with Crippen LogP contribution in [0.15, 0.2) is 24.3 Å². The number of hydrogen-bond donors (Lipinski definition) is 2. The van der Waals surface area contributed by atoms with Crippen molar-refractivity contribution in [1.29, 1.82) is 0 Å². The lowest BCUT2D eigenvalue weighted by atomic mass is 9.94. The van der Waals surface area contributed by atoms with E-state index >= 15 is 0 Å². The summed E-state index contributed by atoms with van der Waals surface area (Å²) in [6.07, 6.45) is 35.8. The Morgan fingerprint density at radius 3 is 1.19 bits per heavy atom. The third-order valence-corrected chi connectivity index (χ3v) is 12.2. The molecule has 0 fully saturated rings. The normalized spacial score (nSPS) is 13.1. The number of nitrogens with zero attached hydrogens (tertiary/aromatic N) is 1. The van der Waals surface area contributed by atoms with Gasteiger partial charge in [0.05, 0.1) is 31.2 Å². The molecular formula is C52H95NO6. The lowest BCUT2D eigenvalue weighted by molar-refractivity contribution is -0.150. The summed E-state index contributed by atoms with van der Waals surface area (Å²) in [4.78, 5) is 28.5. The van der Waals surface area contributed by atoms with Crippen molar-refractivity contribution in [2.75, 3.05) is 32.8 Å². The molecular weight excluding hydrogens is 735 g/mol. The van der Waals surface area contributed by atoms with Gasteiger partial charge in [-0.05, 0) is 82.2 Å². The van der Waals surface area contributed by atoms with Gasteiger partial charge in [-0.25, -0.2) is 0 Å². The minimum atomic E-state index is -0.619. The van der Waals surface area contributed by atoms with Crippen molar-refractivity contribution in [1.82, 2.24) is 4.90 Å². The first-order valence-electron chi connectivity index (χ1n) is 25.4. The summed E-state index contributed by atoms with van der Waals surface area (Å²) < 4.78 is 11.7. The zero-order chi connectivity index (χ0) is 43.0. The number of hydrogen-bond acceptors (Lipinski definition) is 7. The number of carbonyl (C=O) groups excluding carboxylic acids is 2. The summed E-state index contributed by atoms with van der Waals surface area (Å²) in [7, 11) is 0. The standard InChI is InChI=1S/C52H95NO6/c1-5-9-13-17-19-27-35-47(33-25-15-11-7-3)51(56)58-43-31-23-21-29-41-53(45-50(55)46-37-39-49(54)40-38-46)42-30-22-24-32-44-59-52(57)48(34-26-16-12-8-4)36-28-20-18-14-10-6-2/h37-40,47-48,50,54-55H,5-36,41-45H2,1-4H3. The molecule has 1 aromatic carbocycles. The second kappa shape index (κ2) is 40.0. The third kappa shape index (κ3) is 31.4. The maximum atomic E-state index is 13.1. The summed E-state index contributed by atoms with van der Waals surface area (Å²) in [6, 6.07) is 6.87. The number of benzene rings is 1. The first kappa shape index (κ1) is 54.9. The largest absolute Gasteiger partial charge is 0.508 e. The monoisotopic (exact) mass is 830 g/mol. The van der Waals surface area contributed by atoms with Crippen LogP contribution < -0.4 is 0 Å². The molecule has 0 aromatic heterocycles. The zero-order valence-electron chi connectivity index (χ0n) is 39.2. The van der Waals surface area contributed by atoms with Crippen LogP contribution in [0.2, 0.25) is 0 Å². The molecule has 344 valence electrons. The maximum absolute atomic E-state index is 13.1. The molecule has 1 aromatic rings. The molecule has 3 unspecified atom stereocenters. The molecule has 0 aliphatic rings. The van der Waals surface area contributed by atoms with Crippen LogP contribution in [-0.4, -0.2) is 59.9 Å². The highest BCUT2D eigenvalue weighted by molar-refractivity contribution is 5.72. The van der Waals surface area contributed by atoms with Gasteiger partial charge in [-0.2, -0.15) is 0 Å². The fourth-order valence-electron chi connectivity index (χ4n) is 8.24. The predicted molar refractivity (Wildman–Crippen MR) is 249 cm³/mol. The number of esters is 2. The number of aromatic hydroxyl groups is 1. The molecule has 7 nitrogen and oxygen atoms in total. The van der Waals surface area contributed by atoms with E-state index < -0.39 is 6.10 Å². The van der Waals surface area contributed by atoms with E-state index in [0.29, 0.717) is 19.8 Å². The number of unbranched alkanes of at least 4 members (excludes halogenated alkanes) is 22. The number of phenolic OH excluding ortho intramolecular Hbond substituents is 1. The quantitative estimate of drug-likeness (QED) is 0.0500. The summed E-state index contributed by atoms with van der Waals surface area (Å²) in [5.41, 5.74) is 0.816. The van der Waals surface area contributed by atoms with E-state index in [9.17, 15) is 19.8 Å². The Hall–Kier alpha value is -2.12. The minimum Gasteiger partial charge on any atom is -0.508 e. The van der Waals surface area contributed by atoms with Crippen molar-refractivity contribution in [2.45, 2.75) is 239 Å². The van der Waals surface area contributed by atoms with E-state index in [1.807, 2.05) is 0 Å². The zero-order valence-corrected chi connectivity index (χ0v) is 39.2. The van der Waals surface area contributed by atoms with E-state index in [2.05, 4.69) is 32.6 Å². The smallest absolute Gasteiger partial charge is 0.308 e. The molecule has 7 heteroatoms. The number of rotatable bonds is 43. The van der Waals surface area contributed by atoms with Gasteiger partial charge in [0.15, 0.2) is 0 Å².